The van der Waals surface area contributed by atoms with Crippen molar-refractivity contribution in [3.8, 4) is 0 Å². The molecule has 19 heavy (non-hydrogen) atoms. The lowest BCUT2D eigenvalue weighted by Gasteiger charge is -2.40. The second-order valence-corrected chi connectivity index (χ2v) is 10.5. The molecule has 1 aliphatic carbocycles. The third-order valence-electron chi connectivity index (χ3n) is 3.59. The molecule has 0 spiro atoms. The van der Waals surface area contributed by atoms with Crippen LogP contribution in [0.3, 0.4) is 0 Å². The van der Waals surface area contributed by atoms with Crippen LogP contribution in [-0.2, 0) is 23.5 Å². The molecule has 1 aliphatic heterocycles. The van der Waals surface area contributed by atoms with Gasteiger partial charge < -0.3 is 18.7 Å². The van der Waals surface area contributed by atoms with Crippen LogP contribution in [0.2, 0.25) is 19.6 Å². The fourth-order valence-corrected chi connectivity index (χ4v) is 3.82. The van der Waals surface area contributed by atoms with E-state index in [1.807, 2.05) is 31.8 Å². The molecule has 2 aliphatic rings. The molecule has 0 N–H and O–H groups in total. The van der Waals surface area contributed by atoms with Gasteiger partial charge in [0.2, 0.25) is 6.29 Å². The van der Waals surface area contributed by atoms with Gasteiger partial charge in [-0.25, -0.2) is 0 Å². The molecule has 0 amide bonds. The lowest BCUT2D eigenvalue weighted by atomic mass is 9.69. The number of cyclic esters (lactones) is 1. The summed E-state index contributed by atoms with van der Waals surface area (Å²) in [6.07, 6.45) is 3.68. The van der Waals surface area contributed by atoms with Crippen LogP contribution >= 0.6 is 0 Å². The van der Waals surface area contributed by atoms with Gasteiger partial charge in [0.1, 0.15) is 11.7 Å². The molecule has 4 atom stereocenters. The summed E-state index contributed by atoms with van der Waals surface area (Å²) in [7, 11) is -0.425. The predicted molar refractivity (Wildman–Crippen MR) is 70.9 cm³/mol. The van der Waals surface area contributed by atoms with E-state index in [0.717, 1.165) is 6.29 Å². The van der Waals surface area contributed by atoms with Crippen LogP contribution in [-0.4, -0.2) is 40.1 Å². The maximum absolute atomic E-state index is 11.9. The first kappa shape index (κ1) is 14.4. The summed E-state index contributed by atoms with van der Waals surface area (Å²) in [5, 5.41) is 0. The average Bonchev–Trinajstić information content (AvgIpc) is 2.62. The molecule has 0 aromatic rings. The van der Waals surface area contributed by atoms with Gasteiger partial charge in [0.05, 0.1) is 12.0 Å². The number of carbonyl (C=O) groups excluding carboxylic acids is 2. The van der Waals surface area contributed by atoms with E-state index in [-0.39, 0.29) is 5.97 Å². The second-order valence-electron chi connectivity index (χ2n) is 5.99. The van der Waals surface area contributed by atoms with Crippen LogP contribution in [0.5, 0.6) is 0 Å². The molecule has 0 saturated carbocycles. The predicted octanol–water partition coefficient (Wildman–Crippen LogP) is 1.50. The summed E-state index contributed by atoms with van der Waals surface area (Å²) in [6.45, 7) is 6.13. The van der Waals surface area contributed by atoms with E-state index < -0.39 is 32.0 Å². The Bertz CT molecular complexity index is 414. The summed E-state index contributed by atoms with van der Waals surface area (Å²) in [5.74, 6) is -0.895. The van der Waals surface area contributed by atoms with E-state index in [0.29, 0.717) is 6.42 Å². The van der Waals surface area contributed by atoms with Gasteiger partial charge in [-0.1, -0.05) is 12.2 Å². The summed E-state index contributed by atoms with van der Waals surface area (Å²) in [4.78, 5) is 23.7. The number of aldehydes is 1. The molecule has 0 aromatic heterocycles. The van der Waals surface area contributed by atoms with E-state index in [9.17, 15) is 9.59 Å². The summed E-state index contributed by atoms with van der Waals surface area (Å²) in [6, 6.07) is 0. The first-order valence-corrected chi connectivity index (χ1v) is 9.80. The van der Waals surface area contributed by atoms with E-state index in [2.05, 4.69) is 0 Å². The minimum atomic E-state index is -1.86. The molecule has 0 radical (unpaired) electrons. The van der Waals surface area contributed by atoms with Crippen molar-refractivity contribution >= 4 is 20.6 Å². The van der Waals surface area contributed by atoms with Gasteiger partial charge in [-0.15, -0.1) is 0 Å². The van der Waals surface area contributed by atoms with E-state index in [4.69, 9.17) is 13.9 Å². The Balaban J connectivity index is 2.42. The monoisotopic (exact) mass is 284 g/mol. The molecule has 2 rings (SSSR count). The Morgan fingerprint density at radius 1 is 1.47 bits per heavy atom. The van der Waals surface area contributed by atoms with Crippen molar-refractivity contribution in [3.63, 3.8) is 0 Å². The Morgan fingerprint density at radius 2 is 2.16 bits per heavy atom. The van der Waals surface area contributed by atoms with Gasteiger partial charge in [-0.2, -0.15) is 0 Å². The molecular weight excluding hydrogens is 264 g/mol. The number of fused-ring (bicyclic) bond motifs is 1. The van der Waals surface area contributed by atoms with Gasteiger partial charge >= 0.3 is 5.97 Å². The molecule has 1 heterocycles. The van der Waals surface area contributed by atoms with Crippen LogP contribution in [0.15, 0.2) is 12.2 Å². The number of ether oxygens (including phenoxy) is 2. The quantitative estimate of drug-likeness (QED) is 0.339. The van der Waals surface area contributed by atoms with Crippen molar-refractivity contribution in [2.75, 3.05) is 7.11 Å². The van der Waals surface area contributed by atoms with Crippen LogP contribution < -0.4 is 0 Å². The van der Waals surface area contributed by atoms with Crippen molar-refractivity contribution in [1.29, 1.82) is 0 Å². The fraction of sp³-hybridized carbons (Fsp3) is 0.692. The fourth-order valence-electron chi connectivity index (χ4n) is 2.77. The number of esters is 1. The summed E-state index contributed by atoms with van der Waals surface area (Å²) >= 11 is 0. The number of carbonyl (C=O) groups is 2. The number of rotatable bonds is 4. The minimum absolute atomic E-state index is 0.382. The topological polar surface area (TPSA) is 61.8 Å². The zero-order valence-corrected chi connectivity index (χ0v) is 12.7. The Hall–Kier alpha value is -0.983. The number of allylic oxidation sites excluding steroid dienone is 1. The van der Waals surface area contributed by atoms with Crippen molar-refractivity contribution < 1.29 is 23.5 Å². The zero-order valence-electron chi connectivity index (χ0n) is 11.7. The van der Waals surface area contributed by atoms with Crippen LogP contribution in [0, 0.1) is 11.3 Å². The summed E-state index contributed by atoms with van der Waals surface area (Å²) in [5.41, 5.74) is -1.05. The second kappa shape index (κ2) is 4.85. The summed E-state index contributed by atoms with van der Waals surface area (Å²) < 4.78 is 16.5. The van der Waals surface area contributed by atoms with Crippen molar-refractivity contribution in [2.24, 2.45) is 11.3 Å². The van der Waals surface area contributed by atoms with E-state index in [1.54, 1.807) is 0 Å². The largest absolute Gasteiger partial charge is 0.434 e. The molecule has 106 valence electrons. The van der Waals surface area contributed by atoms with Crippen LogP contribution in [0.1, 0.15) is 6.42 Å². The Labute approximate surface area is 114 Å². The van der Waals surface area contributed by atoms with Crippen molar-refractivity contribution in [2.45, 2.75) is 38.5 Å². The van der Waals surface area contributed by atoms with Crippen molar-refractivity contribution in [3.05, 3.63) is 12.2 Å². The lowest BCUT2D eigenvalue weighted by molar-refractivity contribution is -0.177. The molecular formula is C13H20O5Si. The molecule has 5 nitrogen and oxygen atoms in total. The van der Waals surface area contributed by atoms with Gasteiger partial charge in [-0.05, 0) is 26.1 Å². The highest BCUT2D eigenvalue weighted by Crippen LogP contribution is 2.48. The van der Waals surface area contributed by atoms with Crippen LogP contribution in [0.4, 0.5) is 0 Å². The molecule has 0 bridgehead atoms. The van der Waals surface area contributed by atoms with Crippen LogP contribution in [0.25, 0.3) is 0 Å². The zero-order chi connectivity index (χ0) is 14.3. The van der Waals surface area contributed by atoms with Gasteiger partial charge in [-0.3, -0.25) is 4.79 Å². The normalized spacial score (nSPS) is 37.9. The third kappa shape index (κ3) is 2.28. The Morgan fingerprint density at radius 3 is 2.68 bits per heavy atom. The highest BCUT2D eigenvalue weighted by atomic mass is 28.4. The van der Waals surface area contributed by atoms with Gasteiger partial charge in [0.15, 0.2) is 8.32 Å². The first-order valence-electron chi connectivity index (χ1n) is 6.39. The van der Waals surface area contributed by atoms with E-state index >= 15 is 0 Å². The minimum Gasteiger partial charge on any atom is -0.434 e. The maximum atomic E-state index is 11.9. The number of methoxy groups -OCH3 is 1. The number of hydrogen-bond donors (Lipinski definition) is 0. The maximum Gasteiger partial charge on any atom is 0.312 e. The average molecular weight is 284 g/mol. The number of hydrogen-bond acceptors (Lipinski definition) is 5. The Kier molecular flexibility index (Phi) is 3.68. The lowest BCUT2D eigenvalue weighted by Crippen LogP contribution is -2.53. The highest BCUT2D eigenvalue weighted by molar-refractivity contribution is 6.69. The smallest absolute Gasteiger partial charge is 0.312 e. The third-order valence-corrected chi connectivity index (χ3v) is 4.55. The molecule has 0 aromatic carbocycles. The molecule has 1 saturated heterocycles. The molecule has 4 unspecified atom stereocenters. The molecule has 6 heteroatoms. The van der Waals surface area contributed by atoms with E-state index in [1.165, 1.54) is 7.11 Å². The standard InChI is InChI=1S/C13H20O5Si/c1-16-12-13(8-14)9(11(15)17-12)6-5-7-10(13)18-19(2,3)4/h5,7-10,12H,6H2,1-4H3. The SMILES string of the molecule is COC1OC(=O)C2CC=CC(O[Si](C)(C)C)C12C=O. The van der Waals surface area contributed by atoms with Gasteiger partial charge in [0.25, 0.3) is 0 Å². The highest BCUT2D eigenvalue weighted by Gasteiger charge is 2.63. The van der Waals surface area contributed by atoms with Gasteiger partial charge in [0, 0.05) is 7.11 Å². The van der Waals surface area contributed by atoms with Crippen molar-refractivity contribution in [1.82, 2.24) is 0 Å². The first-order chi connectivity index (χ1) is 8.85. The molecule has 1 fully saturated rings.